The van der Waals surface area contributed by atoms with Gasteiger partial charge in [-0.05, 0) is 45.9 Å². The van der Waals surface area contributed by atoms with Crippen molar-refractivity contribution >= 4 is 17.8 Å². The lowest BCUT2D eigenvalue weighted by Crippen LogP contribution is -2.44. The molecule has 0 bridgehead atoms. The van der Waals surface area contributed by atoms with E-state index in [0.717, 1.165) is 48.5 Å². The Morgan fingerprint density at radius 1 is 1.23 bits per heavy atom. The Bertz CT molecular complexity index is 928. The molecular formula is C24H37N7. The van der Waals surface area contributed by atoms with E-state index in [1.165, 1.54) is 38.6 Å². The summed E-state index contributed by atoms with van der Waals surface area (Å²) in [6.07, 6.45) is 17.1. The largest absolute Gasteiger partial charge is 0.356 e. The van der Waals surface area contributed by atoms with E-state index in [-0.39, 0.29) is 1.43 Å². The molecule has 31 heavy (non-hydrogen) atoms. The molecule has 0 aliphatic carbocycles. The SMILES string of the molecule is CCCCCN(C)C1CCN(c2cc(NC3=CCc4nccn4C=C3)nc(C)n2)CC1.[HH]. The fourth-order valence-corrected chi connectivity index (χ4v) is 4.42. The van der Waals surface area contributed by atoms with E-state index in [0.29, 0.717) is 6.04 Å². The maximum absolute atomic E-state index is 4.73. The van der Waals surface area contributed by atoms with Crippen LogP contribution >= 0.6 is 0 Å². The van der Waals surface area contributed by atoms with Crippen molar-refractivity contribution in [3.05, 3.63) is 48.0 Å². The van der Waals surface area contributed by atoms with Gasteiger partial charge >= 0.3 is 0 Å². The van der Waals surface area contributed by atoms with Gasteiger partial charge in [0, 0.05) is 57.3 Å². The summed E-state index contributed by atoms with van der Waals surface area (Å²) >= 11 is 0. The normalized spacial score (nSPS) is 16.9. The summed E-state index contributed by atoms with van der Waals surface area (Å²) in [6.45, 7) is 7.53. The van der Waals surface area contributed by atoms with E-state index >= 15 is 0 Å². The molecule has 4 heterocycles. The highest BCUT2D eigenvalue weighted by atomic mass is 15.2. The second kappa shape index (κ2) is 10.1. The highest BCUT2D eigenvalue weighted by Gasteiger charge is 2.23. The second-order valence-electron chi connectivity index (χ2n) is 8.62. The first-order chi connectivity index (χ1) is 15.1. The van der Waals surface area contributed by atoms with Crippen LogP contribution in [0.15, 0.2) is 36.3 Å². The van der Waals surface area contributed by atoms with Crippen molar-refractivity contribution < 1.29 is 1.43 Å². The Balaban J connectivity index is 0.00000289. The lowest BCUT2D eigenvalue weighted by molar-refractivity contribution is 0.204. The maximum Gasteiger partial charge on any atom is 0.136 e. The quantitative estimate of drug-likeness (QED) is 0.637. The van der Waals surface area contributed by atoms with Gasteiger partial charge in [0.1, 0.15) is 23.3 Å². The Morgan fingerprint density at radius 2 is 2.06 bits per heavy atom. The minimum atomic E-state index is 0. The zero-order valence-corrected chi connectivity index (χ0v) is 19.1. The molecule has 0 amide bonds. The fraction of sp³-hybridized carbons (Fsp3) is 0.542. The predicted molar refractivity (Wildman–Crippen MR) is 129 cm³/mol. The first-order valence-corrected chi connectivity index (χ1v) is 11.6. The van der Waals surface area contributed by atoms with Gasteiger partial charge in [0.05, 0.1) is 0 Å². The molecule has 1 saturated heterocycles. The number of aromatic nitrogens is 4. The summed E-state index contributed by atoms with van der Waals surface area (Å²) < 4.78 is 2.05. The third kappa shape index (κ3) is 5.53. The number of rotatable bonds is 8. The number of nitrogens with zero attached hydrogens (tertiary/aromatic N) is 6. The van der Waals surface area contributed by atoms with Crippen molar-refractivity contribution in [1.82, 2.24) is 24.4 Å². The Kier molecular flexibility index (Phi) is 7.02. The molecule has 0 saturated carbocycles. The van der Waals surface area contributed by atoms with Crippen molar-refractivity contribution in [2.75, 3.05) is 36.9 Å². The van der Waals surface area contributed by atoms with Crippen LogP contribution in [0.25, 0.3) is 6.20 Å². The molecule has 2 aliphatic rings. The molecular weight excluding hydrogens is 386 g/mol. The molecule has 1 fully saturated rings. The summed E-state index contributed by atoms with van der Waals surface area (Å²) in [4.78, 5) is 18.7. The van der Waals surface area contributed by atoms with Crippen molar-refractivity contribution in [3.8, 4) is 0 Å². The molecule has 0 atom stereocenters. The summed E-state index contributed by atoms with van der Waals surface area (Å²) in [5.41, 5.74) is 1.03. The van der Waals surface area contributed by atoms with Gasteiger partial charge in [-0.15, -0.1) is 0 Å². The van der Waals surface area contributed by atoms with Gasteiger partial charge in [-0.1, -0.05) is 25.8 Å². The number of hydrogen-bond donors (Lipinski definition) is 1. The zero-order valence-electron chi connectivity index (χ0n) is 19.1. The summed E-state index contributed by atoms with van der Waals surface area (Å²) in [6, 6.07) is 2.76. The zero-order chi connectivity index (χ0) is 21.6. The number of piperidine rings is 1. The summed E-state index contributed by atoms with van der Waals surface area (Å²) in [5.74, 6) is 3.70. The second-order valence-corrected chi connectivity index (χ2v) is 8.62. The van der Waals surface area contributed by atoms with E-state index in [1.807, 2.05) is 30.1 Å². The molecule has 7 nitrogen and oxygen atoms in total. The molecule has 168 valence electrons. The molecule has 1 N–H and O–H groups in total. The van der Waals surface area contributed by atoms with Crippen LogP contribution in [0, 0.1) is 6.92 Å². The Labute approximate surface area is 187 Å². The molecule has 7 heteroatoms. The number of anilines is 2. The molecule has 0 spiro atoms. The Hall–Kier alpha value is -2.67. The van der Waals surface area contributed by atoms with E-state index in [1.54, 1.807) is 0 Å². The van der Waals surface area contributed by atoms with Gasteiger partial charge in [-0.25, -0.2) is 15.0 Å². The van der Waals surface area contributed by atoms with Gasteiger partial charge in [0.15, 0.2) is 0 Å². The average Bonchev–Trinajstić information content (AvgIpc) is 3.14. The van der Waals surface area contributed by atoms with Crippen LogP contribution in [-0.4, -0.2) is 57.1 Å². The number of allylic oxidation sites excluding steroid dienone is 2. The summed E-state index contributed by atoms with van der Waals surface area (Å²) in [5, 5.41) is 3.47. The van der Waals surface area contributed by atoms with E-state index in [9.17, 15) is 0 Å². The van der Waals surface area contributed by atoms with E-state index in [4.69, 9.17) is 4.98 Å². The highest BCUT2D eigenvalue weighted by Crippen LogP contribution is 2.24. The van der Waals surface area contributed by atoms with Gasteiger partial charge in [-0.2, -0.15) is 0 Å². The molecule has 0 unspecified atom stereocenters. The average molecular weight is 424 g/mol. The lowest BCUT2D eigenvalue weighted by atomic mass is 10.0. The van der Waals surface area contributed by atoms with Crippen molar-refractivity contribution in [2.45, 2.75) is 58.4 Å². The number of unbranched alkanes of at least 4 members (excludes halogenated alkanes) is 2. The highest BCUT2D eigenvalue weighted by molar-refractivity contribution is 5.55. The molecule has 2 aromatic heterocycles. The smallest absolute Gasteiger partial charge is 0.136 e. The molecule has 4 rings (SSSR count). The minimum absolute atomic E-state index is 0. The predicted octanol–water partition coefficient (Wildman–Crippen LogP) is 4.34. The van der Waals surface area contributed by atoms with E-state index < -0.39 is 0 Å². The van der Waals surface area contributed by atoms with Crippen LogP contribution in [-0.2, 0) is 6.42 Å². The first kappa shape index (κ1) is 21.6. The van der Waals surface area contributed by atoms with Crippen LogP contribution in [0.3, 0.4) is 0 Å². The number of fused-ring (bicyclic) bond motifs is 1. The lowest BCUT2D eigenvalue weighted by Gasteiger charge is -2.37. The Morgan fingerprint density at radius 3 is 2.87 bits per heavy atom. The third-order valence-electron chi connectivity index (χ3n) is 6.29. The number of hydrogen-bond acceptors (Lipinski definition) is 6. The number of aryl methyl sites for hydroxylation is 1. The van der Waals surface area contributed by atoms with E-state index in [2.05, 4.69) is 57.3 Å². The molecule has 2 aromatic rings. The fourth-order valence-electron chi connectivity index (χ4n) is 4.42. The summed E-state index contributed by atoms with van der Waals surface area (Å²) in [7, 11) is 2.28. The van der Waals surface area contributed by atoms with Crippen molar-refractivity contribution in [3.63, 3.8) is 0 Å². The van der Waals surface area contributed by atoms with Crippen LogP contribution in [0.4, 0.5) is 11.6 Å². The van der Waals surface area contributed by atoms with Gasteiger partial charge in [0.25, 0.3) is 0 Å². The van der Waals surface area contributed by atoms with Gasteiger partial charge < -0.3 is 19.7 Å². The topological polar surface area (TPSA) is 62.1 Å². The maximum atomic E-state index is 4.73. The molecule has 0 radical (unpaired) electrons. The number of imidazole rings is 1. The first-order valence-electron chi connectivity index (χ1n) is 11.6. The monoisotopic (exact) mass is 423 g/mol. The molecule has 2 aliphatic heterocycles. The van der Waals surface area contributed by atoms with Gasteiger partial charge in [0.2, 0.25) is 0 Å². The molecule has 0 aromatic carbocycles. The minimum Gasteiger partial charge on any atom is -0.356 e. The standard InChI is InChI=1S/C24H35N7.H2/c1-4-5-6-13-29(3)21-10-15-30(16-11-21)24-18-22(26-19(2)27-24)28-20-7-8-23-25-12-17-31(23)14-9-20;/h7,9,12,14,17-18,21H,4-6,8,10-11,13,15-16H2,1-3H3,(H,26,27,28);1H. The van der Waals surface area contributed by atoms with Crippen molar-refractivity contribution in [1.29, 1.82) is 0 Å². The van der Waals surface area contributed by atoms with Crippen LogP contribution in [0.2, 0.25) is 0 Å². The number of nitrogens with one attached hydrogen (secondary N) is 1. The van der Waals surface area contributed by atoms with Crippen LogP contribution in [0.5, 0.6) is 0 Å². The van der Waals surface area contributed by atoms with Crippen LogP contribution < -0.4 is 10.2 Å². The van der Waals surface area contributed by atoms with Crippen molar-refractivity contribution in [2.24, 2.45) is 0 Å². The van der Waals surface area contributed by atoms with Gasteiger partial charge in [-0.3, -0.25) is 0 Å². The third-order valence-corrected chi connectivity index (χ3v) is 6.29. The van der Waals surface area contributed by atoms with Crippen LogP contribution in [0.1, 0.15) is 52.1 Å².